The summed E-state index contributed by atoms with van der Waals surface area (Å²) in [6.45, 7) is 4.92. The van der Waals surface area contributed by atoms with Gasteiger partial charge >= 0.3 is 5.97 Å². The molecular weight excluding hydrogens is 266 g/mol. The summed E-state index contributed by atoms with van der Waals surface area (Å²) < 4.78 is 0. The van der Waals surface area contributed by atoms with Crippen molar-refractivity contribution in [2.75, 3.05) is 31.6 Å². The molecule has 0 amide bonds. The van der Waals surface area contributed by atoms with Crippen LogP contribution in [0.5, 0.6) is 0 Å². The minimum atomic E-state index is -0.983. The van der Waals surface area contributed by atoms with Gasteiger partial charge in [-0.3, -0.25) is 0 Å². The molecule has 0 spiro atoms. The summed E-state index contributed by atoms with van der Waals surface area (Å²) in [6, 6.07) is 9.78. The number of anilines is 1. The van der Waals surface area contributed by atoms with Crippen LogP contribution in [0.15, 0.2) is 30.3 Å². The van der Waals surface area contributed by atoms with E-state index in [1.165, 1.54) is 0 Å². The first-order chi connectivity index (χ1) is 10.1. The molecule has 1 aliphatic rings. The molecule has 0 radical (unpaired) electrons. The van der Waals surface area contributed by atoms with Gasteiger partial charge in [0.2, 0.25) is 0 Å². The SMILES string of the molecule is CC1CN(C)CCN1c1nc(C(=O)O)cc2ccccc12. The molecule has 0 aliphatic carbocycles. The van der Waals surface area contributed by atoms with Crippen LogP contribution in [-0.2, 0) is 0 Å². The van der Waals surface area contributed by atoms with E-state index in [0.29, 0.717) is 6.04 Å². The lowest BCUT2D eigenvalue weighted by Crippen LogP contribution is -2.51. The molecule has 0 saturated carbocycles. The lowest BCUT2D eigenvalue weighted by atomic mass is 10.1. The Morgan fingerprint density at radius 2 is 2.10 bits per heavy atom. The molecular formula is C16H19N3O2. The van der Waals surface area contributed by atoms with Crippen LogP contribution in [0.4, 0.5) is 5.82 Å². The van der Waals surface area contributed by atoms with Crippen LogP contribution >= 0.6 is 0 Å². The van der Waals surface area contributed by atoms with Crippen molar-refractivity contribution >= 4 is 22.6 Å². The van der Waals surface area contributed by atoms with E-state index < -0.39 is 5.97 Å². The first-order valence-electron chi connectivity index (χ1n) is 7.14. The second kappa shape index (κ2) is 5.33. The van der Waals surface area contributed by atoms with Crippen LogP contribution < -0.4 is 4.90 Å². The molecule has 5 heteroatoms. The van der Waals surface area contributed by atoms with Crippen LogP contribution in [0.25, 0.3) is 10.8 Å². The van der Waals surface area contributed by atoms with Gasteiger partial charge in [-0.25, -0.2) is 9.78 Å². The average Bonchev–Trinajstić information content (AvgIpc) is 2.46. The molecule has 1 unspecified atom stereocenters. The van der Waals surface area contributed by atoms with Crippen molar-refractivity contribution in [3.8, 4) is 0 Å². The summed E-state index contributed by atoms with van der Waals surface area (Å²) >= 11 is 0. The van der Waals surface area contributed by atoms with Crippen LogP contribution in [0.3, 0.4) is 0 Å². The first-order valence-corrected chi connectivity index (χ1v) is 7.14. The number of pyridine rings is 1. The number of hydrogen-bond acceptors (Lipinski definition) is 4. The summed E-state index contributed by atoms with van der Waals surface area (Å²) in [4.78, 5) is 20.2. The van der Waals surface area contributed by atoms with Gasteiger partial charge in [0.1, 0.15) is 5.82 Å². The molecule has 1 aliphatic heterocycles. The van der Waals surface area contributed by atoms with Crippen LogP contribution in [0, 0.1) is 0 Å². The molecule has 5 nitrogen and oxygen atoms in total. The van der Waals surface area contributed by atoms with E-state index >= 15 is 0 Å². The van der Waals surface area contributed by atoms with Crippen molar-refractivity contribution in [2.45, 2.75) is 13.0 Å². The number of carboxylic acids is 1. The van der Waals surface area contributed by atoms with E-state index in [4.69, 9.17) is 0 Å². The number of piperazine rings is 1. The third-order valence-corrected chi connectivity index (χ3v) is 4.04. The number of aromatic nitrogens is 1. The molecule has 21 heavy (non-hydrogen) atoms. The maximum absolute atomic E-state index is 11.3. The lowest BCUT2D eigenvalue weighted by Gasteiger charge is -2.39. The van der Waals surface area contributed by atoms with E-state index in [1.54, 1.807) is 6.07 Å². The highest BCUT2D eigenvalue weighted by Crippen LogP contribution is 2.28. The van der Waals surface area contributed by atoms with Gasteiger partial charge in [-0.05, 0) is 25.4 Å². The zero-order chi connectivity index (χ0) is 15.0. The highest BCUT2D eigenvalue weighted by Gasteiger charge is 2.25. The Bertz CT molecular complexity index is 686. The van der Waals surface area contributed by atoms with Gasteiger partial charge in [0.15, 0.2) is 5.69 Å². The number of rotatable bonds is 2. The molecule has 1 N–H and O–H groups in total. The van der Waals surface area contributed by atoms with E-state index in [9.17, 15) is 9.90 Å². The minimum absolute atomic E-state index is 0.106. The molecule has 1 atom stereocenters. The van der Waals surface area contributed by atoms with Crippen molar-refractivity contribution in [1.82, 2.24) is 9.88 Å². The maximum Gasteiger partial charge on any atom is 0.354 e. The topological polar surface area (TPSA) is 56.7 Å². The number of carbonyl (C=O) groups is 1. The number of aromatic carboxylic acids is 1. The smallest absolute Gasteiger partial charge is 0.354 e. The lowest BCUT2D eigenvalue weighted by molar-refractivity contribution is 0.0690. The highest BCUT2D eigenvalue weighted by atomic mass is 16.4. The standard InChI is InChI=1S/C16H19N3O2/c1-11-10-18(2)7-8-19(11)15-13-6-4-3-5-12(13)9-14(17-15)16(20)21/h3-6,9,11H,7-8,10H2,1-2H3,(H,20,21). The quantitative estimate of drug-likeness (QED) is 0.915. The summed E-state index contributed by atoms with van der Waals surface area (Å²) in [5.41, 5.74) is 0.106. The number of nitrogens with zero attached hydrogens (tertiary/aromatic N) is 3. The second-order valence-electron chi connectivity index (χ2n) is 5.66. The number of fused-ring (bicyclic) bond motifs is 1. The summed E-state index contributed by atoms with van der Waals surface area (Å²) in [5, 5.41) is 11.2. The normalized spacial score (nSPS) is 19.9. The van der Waals surface area contributed by atoms with Gasteiger partial charge < -0.3 is 14.9 Å². The summed E-state index contributed by atoms with van der Waals surface area (Å²) in [5.74, 6) is -0.199. The van der Waals surface area contributed by atoms with Crippen LogP contribution in [0.1, 0.15) is 17.4 Å². The van der Waals surface area contributed by atoms with Crippen LogP contribution in [0.2, 0.25) is 0 Å². The Hall–Kier alpha value is -2.14. The summed E-state index contributed by atoms with van der Waals surface area (Å²) in [6.07, 6.45) is 0. The Labute approximate surface area is 123 Å². The number of likely N-dealkylation sites (N-methyl/N-ethyl adjacent to an activating group) is 1. The van der Waals surface area contributed by atoms with E-state index in [2.05, 4.69) is 28.8 Å². The summed E-state index contributed by atoms with van der Waals surface area (Å²) in [7, 11) is 2.10. The van der Waals surface area contributed by atoms with Crippen molar-refractivity contribution in [3.63, 3.8) is 0 Å². The molecule has 2 aromatic rings. The number of carboxylic acid groups (broad SMARTS) is 1. The Kier molecular flexibility index (Phi) is 3.51. The third kappa shape index (κ3) is 2.56. The van der Waals surface area contributed by atoms with Crippen molar-refractivity contribution in [3.05, 3.63) is 36.0 Å². The van der Waals surface area contributed by atoms with Gasteiger partial charge in [-0.2, -0.15) is 0 Å². The molecule has 0 bridgehead atoms. The third-order valence-electron chi connectivity index (χ3n) is 4.04. The zero-order valence-corrected chi connectivity index (χ0v) is 12.3. The molecule has 110 valence electrons. The van der Waals surface area contributed by atoms with Crippen molar-refractivity contribution in [1.29, 1.82) is 0 Å². The fraction of sp³-hybridized carbons (Fsp3) is 0.375. The highest BCUT2D eigenvalue weighted by molar-refractivity contribution is 5.98. The molecule has 1 aromatic heterocycles. The van der Waals surface area contributed by atoms with E-state index in [0.717, 1.165) is 36.2 Å². The first kappa shape index (κ1) is 13.8. The van der Waals surface area contributed by atoms with Gasteiger partial charge in [0.05, 0.1) is 0 Å². The maximum atomic E-state index is 11.3. The fourth-order valence-corrected chi connectivity index (χ4v) is 2.96. The van der Waals surface area contributed by atoms with E-state index in [1.807, 2.05) is 24.3 Å². The predicted molar refractivity (Wildman–Crippen MR) is 83.0 cm³/mol. The average molecular weight is 285 g/mol. The molecule has 1 aromatic carbocycles. The van der Waals surface area contributed by atoms with Gasteiger partial charge in [-0.1, -0.05) is 24.3 Å². The monoisotopic (exact) mass is 285 g/mol. The second-order valence-corrected chi connectivity index (χ2v) is 5.66. The Balaban J connectivity index is 2.14. The largest absolute Gasteiger partial charge is 0.477 e. The molecule has 3 rings (SSSR count). The minimum Gasteiger partial charge on any atom is -0.477 e. The Morgan fingerprint density at radius 1 is 1.33 bits per heavy atom. The predicted octanol–water partition coefficient (Wildman–Crippen LogP) is 2.07. The number of hydrogen-bond donors (Lipinski definition) is 1. The van der Waals surface area contributed by atoms with Gasteiger partial charge in [0.25, 0.3) is 0 Å². The van der Waals surface area contributed by atoms with Gasteiger partial charge in [0, 0.05) is 31.1 Å². The van der Waals surface area contributed by atoms with Crippen LogP contribution in [-0.4, -0.2) is 53.7 Å². The number of benzene rings is 1. The fourth-order valence-electron chi connectivity index (χ4n) is 2.96. The zero-order valence-electron chi connectivity index (χ0n) is 12.3. The van der Waals surface area contributed by atoms with Crippen molar-refractivity contribution < 1.29 is 9.90 Å². The van der Waals surface area contributed by atoms with Gasteiger partial charge in [-0.15, -0.1) is 0 Å². The molecule has 2 heterocycles. The molecule has 1 fully saturated rings. The Morgan fingerprint density at radius 3 is 2.81 bits per heavy atom. The van der Waals surface area contributed by atoms with Crippen molar-refractivity contribution in [2.24, 2.45) is 0 Å². The van der Waals surface area contributed by atoms with E-state index in [-0.39, 0.29) is 5.69 Å². The molecule has 1 saturated heterocycles.